The summed E-state index contributed by atoms with van der Waals surface area (Å²) < 4.78 is 61.9. The fourth-order valence-electron chi connectivity index (χ4n) is 5.00. The molecule has 0 aliphatic heterocycles. The fraction of sp³-hybridized carbons (Fsp3) is 0.389. The SMILES string of the molecule is CCCCCCNC(=O)Nc1ccc2c(ccn2CCC(C)(C)NC[C@H](O)c2cccc(NS(=O)(=O)c3ccccc3)c2)c1.O=C(O)C(F)(F)F. The highest BCUT2D eigenvalue weighted by atomic mass is 32.2. The van der Waals surface area contributed by atoms with Gasteiger partial charge in [0.25, 0.3) is 10.0 Å². The Labute approximate surface area is 296 Å². The van der Waals surface area contributed by atoms with Crippen molar-refractivity contribution in [2.75, 3.05) is 23.1 Å². The summed E-state index contributed by atoms with van der Waals surface area (Å²) in [5, 5.41) is 28.4. The summed E-state index contributed by atoms with van der Waals surface area (Å²) in [4.78, 5) is 21.3. The molecule has 0 spiro atoms. The van der Waals surface area contributed by atoms with E-state index in [4.69, 9.17) is 9.90 Å². The first-order chi connectivity index (χ1) is 24.0. The van der Waals surface area contributed by atoms with Gasteiger partial charge in [0.2, 0.25) is 0 Å². The van der Waals surface area contributed by atoms with Crippen LogP contribution in [0.25, 0.3) is 10.9 Å². The largest absolute Gasteiger partial charge is 0.490 e. The summed E-state index contributed by atoms with van der Waals surface area (Å²) in [5.41, 5.74) is 2.58. The lowest BCUT2D eigenvalue weighted by Gasteiger charge is -2.28. The number of rotatable bonds is 16. The third-order valence-corrected chi connectivity index (χ3v) is 9.31. The van der Waals surface area contributed by atoms with Gasteiger partial charge in [0.15, 0.2) is 0 Å². The topological polar surface area (TPSA) is 162 Å². The van der Waals surface area contributed by atoms with Crippen LogP contribution in [0.1, 0.15) is 64.5 Å². The molecule has 278 valence electrons. The molecule has 0 aliphatic rings. The number of benzene rings is 3. The Morgan fingerprint density at radius 1 is 0.902 bits per heavy atom. The molecule has 1 atom stereocenters. The highest BCUT2D eigenvalue weighted by Gasteiger charge is 2.38. The predicted octanol–water partition coefficient (Wildman–Crippen LogP) is 7.27. The van der Waals surface area contributed by atoms with Crippen molar-refractivity contribution in [2.24, 2.45) is 0 Å². The van der Waals surface area contributed by atoms with Crippen LogP contribution >= 0.6 is 0 Å². The zero-order valence-corrected chi connectivity index (χ0v) is 29.7. The Morgan fingerprint density at radius 2 is 1.61 bits per heavy atom. The lowest BCUT2D eigenvalue weighted by atomic mass is 9.99. The molecule has 6 N–H and O–H groups in total. The Morgan fingerprint density at radius 3 is 2.27 bits per heavy atom. The van der Waals surface area contributed by atoms with Gasteiger partial charge in [0.1, 0.15) is 0 Å². The Bertz CT molecular complexity index is 1830. The number of aliphatic carboxylic acids is 1. The van der Waals surface area contributed by atoms with Crippen LogP contribution in [-0.4, -0.2) is 60.0 Å². The van der Waals surface area contributed by atoms with Crippen LogP contribution in [0.2, 0.25) is 0 Å². The smallest absolute Gasteiger partial charge is 0.475 e. The van der Waals surface area contributed by atoms with Crippen LogP contribution in [0.5, 0.6) is 0 Å². The first kappa shape index (κ1) is 40.8. The number of anilines is 2. The molecular weight excluding hydrogens is 687 g/mol. The number of aromatic nitrogens is 1. The van der Waals surface area contributed by atoms with Gasteiger partial charge in [0.05, 0.1) is 11.0 Å². The number of sulfonamides is 1. The molecule has 3 aromatic carbocycles. The lowest BCUT2D eigenvalue weighted by Crippen LogP contribution is -2.42. The van der Waals surface area contributed by atoms with Gasteiger partial charge in [-0.05, 0) is 80.8 Å². The third-order valence-electron chi connectivity index (χ3n) is 7.92. The summed E-state index contributed by atoms with van der Waals surface area (Å²) in [6.45, 7) is 8.11. The van der Waals surface area contributed by atoms with Gasteiger partial charge in [-0.25, -0.2) is 18.0 Å². The Balaban J connectivity index is 0.000000908. The number of fused-ring (bicyclic) bond motifs is 1. The van der Waals surface area contributed by atoms with E-state index in [1.54, 1.807) is 42.5 Å². The number of unbranched alkanes of at least 4 members (excludes halogenated alkanes) is 3. The summed E-state index contributed by atoms with van der Waals surface area (Å²) in [5.74, 6) is -2.76. The standard InChI is InChI=1S/C34H45N5O4S.C2HF3O2/c1-4-5-6-10-20-35-33(41)37-28-16-17-31-26(23-28)18-21-39(31)22-19-34(2,3)36-25-32(40)27-12-11-13-29(24-27)38-44(42,43)30-14-8-7-9-15-30;3-2(4,5)1(6)7/h7-9,11-18,21,23-24,32,36,38,40H,4-6,10,19-20,22,25H2,1-3H3,(H2,35,37,41);(H,6,7)/t32-;/m0./s1. The number of urea groups is 1. The quantitative estimate of drug-likeness (QED) is 0.0660. The van der Waals surface area contributed by atoms with Crippen molar-refractivity contribution in [1.29, 1.82) is 0 Å². The number of carboxylic acid groups (broad SMARTS) is 1. The van der Waals surface area contributed by atoms with Crippen molar-refractivity contribution in [1.82, 2.24) is 15.2 Å². The number of nitrogens with one attached hydrogen (secondary N) is 4. The van der Waals surface area contributed by atoms with Crippen molar-refractivity contribution < 1.29 is 41.4 Å². The van der Waals surface area contributed by atoms with Gasteiger partial charge in [-0.2, -0.15) is 13.2 Å². The van der Waals surface area contributed by atoms with Crippen LogP contribution in [0.3, 0.4) is 0 Å². The number of aliphatic hydroxyl groups excluding tert-OH is 1. The first-order valence-electron chi connectivity index (χ1n) is 16.6. The molecule has 11 nitrogen and oxygen atoms in total. The first-order valence-corrected chi connectivity index (χ1v) is 18.0. The maximum Gasteiger partial charge on any atom is 0.490 e. The molecule has 0 fully saturated rings. The summed E-state index contributed by atoms with van der Waals surface area (Å²) in [6, 6.07) is 22.8. The number of halogens is 3. The van der Waals surface area contributed by atoms with E-state index in [1.807, 2.05) is 24.3 Å². The molecule has 0 aliphatic carbocycles. The predicted molar refractivity (Wildman–Crippen MR) is 192 cm³/mol. The van der Waals surface area contributed by atoms with Gasteiger partial charge in [-0.15, -0.1) is 0 Å². The highest BCUT2D eigenvalue weighted by Crippen LogP contribution is 2.24. The maximum absolute atomic E-state index is 12.7. The number of amides is 2. The number of alkyl halides is 3. The number of hydrogen-bond acceptors (Lipinski definition) is 6. The number of β-amino-alcohol motifs (C(OH)–C–C–N with tert-alkyl or cyclic N) is 1. The second-order valence-corrected chi connectivity index (χ2v) is 14.3. The number of carbonyl (C=O) groups is 2. The molecule has 4 rings (SSSR count). The third kappa shape index (κ3) is 13.6. The van der Waals surface area contributed by atoms with E-state index in [0.29, 0.717) is 24.3 Å². The molecule has 1 aromatic heterocycles. The Hall–Kier alpha value is -4.60. The molecule has 0 saturated heterocycles. The van der Waals surface area contributed by atoms with E-state index in [2.05, 4.69) is 52.2 Å². The van der Waals surface area contributed by atoms with E-state index < -0.39 is 28.3 Å². The van der Waals surface area contributed by atoms with Crippen molar-refractivity contribution in [2.45, 2.75) is 82.1 Å². The molecule has 1 heterocycles. The minimum atomic E-state index is -5.08. The molecular formula is C36H46F3N5O6S. The average Bonchev–Trinajstić information content (AvgIpc) is 3.48. The Kier molecular flexibility index (Phi) is 14.9. The second-order valence-electron chi connectivity index (χ2n) is 12.6. The minimum absolute atomic E-state index is 0.179. The van der Waals surface area contributed by atoms with Crippen molar-refractivity contribution in [3.8, 4) is 0 Å². The van der Waals surface area contributed by atoms with Crippen molar-refractivity contribution in [3.63, 3.8) is 0 Å². The monoisotopic (exact) mass is 733 g/mol. The van der Waals surface area contributed by atoms with Gasteiger partial charge in [-0.3, -0.25) is 4.72 Å². The van der Waals surface area contributed by atoms with Crippen LogP contribution in [0.4, 0.5) is 29.3 Å². The summed E-state index contributed by atoms with van der Waals surface area (Å²) >= 11 is 0. The van der Waals surface area contributed by atoms with Crippen LogP contribution in [0, 0.1) is 0 Å². The fourth-order valence-corrected chi connectivity index (χ4v) is 6.07. The summed E-state index contributed by atoms with van der Waals surface area (Å²) in [7, 11) is -3.72. The van der Waals surface area contributed by atoms with E-state index >= 15 is 0 Å². The maximum atomic E-state index is 12.7. The van der Waals surface area contributed by atoms with Gasteiger partial charge in [0, 0.05) is 53.6 Å². The normalized spacial score (nSPS) is 12.5. The van der Waals surface area contributed by atoms with E-state index in [9.17, 15) is 31.5 Å². The molecule has 15 heteroatoms. The number of hydrogen-bond donors (Lipinski definition) is 6. The van der Waals surface area contributed by atoms with Crippen LogP contribution in [-0.2, 0) is 21.4 Å². The zero-order chi connectivity index (χ0) is 37.7. The molecule has 0 bridgehead atoms. The summed E-state index contributed by atoms with van der Waals surface area (Å²) in [6.07, 6.45) is 1.42. The van der Waals surface area contributed by atoms with E-state index in [1.165, 1.54) is 25.0 Å². The lowest BCUT2D eigenvalue weighted by molar-refractivity contribution is -0.192. The highest BCUT2D eigenvalue weighted by molar-refractivity contribution is 7.92. The zero-order valence-electron chi connectivity index (χ0n) is 28.8. The number of nitrogens with zero attached hydrogens (tertiary/aromatic N) is 1. The van der Waals surface area contributed by atoms with Crippen molar-refractivity contribution in [3.05, 3.63) is 90.6 Å². The molecule has 2 amide bonds. The van der Waals surface area contributed by atoms with E-state index in [-0.39, 0.29) is 16.5 Å². The van der Waals surface area contributed by atoms with Crippen molar-refractivity contribution >= 4 is 44.3 Å². The molecule has 0 radical (unpaired) electrons. The van der Waals surface area contributed by atoms with Gasteiger partial charge in [-0.1, -0.05) is 56.5 Å². The van der Waals surface area contributed by atoms with Crippen LogP contribution < -0.4 is 20.7 Å². The second kappa shape index (κ2) is 18.6. The van der Waals surface area contributed by atoms with Crippen LogP contribution in [0.15, 0.2) is 90.0 Å². The number of carbonyl (C=O) groups excluding carboxylic acids is 1. The number of aryl methyl sites for hydroxylation is 1. The molecule has 0 unspecified atom stereocenters. The minimum Gasteiger partial charge on any atom is -0.475 e. The number of carboxylic acids is 1. The molecule has 51 heavy (non-hydrogen) atoms. The molecule has 0 saturated carbocycles. The molecule has 4 aromatic rings. The van der Waals surface area contributed by atoms with Gasteiger partial charge >= 0.3 is 18.2 Å². The van der Waals surface area contributed by atoms with E-state index in [0.717, 1.165) is 42.4 Å². The number of aliphatic hydroxyl groups is 1. The average molecular weight is 734 g/mol. The van der Waals surface area contributed by atoms with Gasteiger partial charge < -0.3 is 30.7 Å².